The van der Waals surface area contributed by atoms with Crippen LogP contribution in [0.15, 0.2) is 5.38 Å². The third-order valence-corrected chi connectivity index (χ3v) is 4.88. The molecule has 1 unspecified atom stereocenters. The molecule has 2 rings (SSSR count). The van der Waals surface area contributed by atoms with Crippen LogP contribution in [0.5, 0.6) is 0 Å². The van der Waals surface area contributed by atoms with Gasteiger partial charge in [-0.05, 0) is 27.2 Å². The fraction of sp³-hybridized carbons (Fsp3) is 0.500. The van der Waals surface area contributed by atoms with Gasteiger partial charge in [0.25, 0.3) is 0 Å². The zero-order valence-electron chi connectivity index (χ0n) is 10.6. The van der Waals surface area contributed by atoms with Crippen molar-refractivity contribution in [2.75, 3.05) is 0 Å². The van der Waals surface area contributed by atoms with E-state index in [2.05, 4.69) is 29.2 Å². The highest BCUT2D eigenvalue weighted by atomic mass is 32.1. The first-order chi connectivity index (χ1) is 7.94. The van der Waals surface area contributed by atoms with Crippen molar-refractivity contribution in [3.63, 3.8) is 0 Å². The lowest BCUT2D eigenvalue weighted by Crippen LogP contribution is -2.31. The van der Waals surface area contributed by atoms with Gasteiger partial charge in [0.15, 0.2) is 0 Å². The average molecular weight is 267 g/mol. The lowest BCUT2D eigenvalue weighted by Gasteiger charge is -2.18. The highest BCUT2D eigenvalue weighted by molar-refractivity contribution is 7.12. The number of nitrogens with zero attached hydrogens (tertiary/aromatic N) is 2. The van der Waals surface area contributed by atoms with Gasteiger partial charge in [-0.25, -0.2) is 9.97 Å². The Hall–Kier alpha value is -0.780. The molecule has 0 saturated carbocycles. The first-order valence-electron chi connectivity index (χ1n) is 5.63. The quantitative estimate of drug-likeness (QED) is 0.926. The highest BCUT2D eigenvalue weighted by Gasteiger charge is 2.23. The lowest BCUT2D eigenvalue weighted by molar-refractivity contribution is 0.474. The van der Waals surface area contributed by atoms with Crippen LogP contribution in [0.1, 0.15) is 35.2 Å². The van der Waals surface area contributed by atoms with Gasteiger partial charge in [-0.1, -0.05) is 6.92 Å². The molecule has 0 aliphatic heterocycles. The molecule has 2 aromatic heterocycles. The maximum Gasteiger partial charge on any atom is 0.113 e. The molecule has 0 fully saturated rings. The first kappa shape index (κ1) is 12.7. The summed E-state index contributed by atoms with van der Waals surface area (Å²) in [7, 11) is 0. The summed E-state index contributed by atoms with van der Waals surface area (Å²) in [5, 5.41) is 4.12. The van der Waals surface area contributed by atoms with Crippen molar-refractivity contribution in [1.82, 2.24) is 9.97 Å². The van der Waals surface area contributed by atoms with Crippen LogP contribution in [0, 0.1) is 13.8 Å². The molecule has 0 bridgehead atoms. The Balaban J connectivity index is 2.40. The molecule has 0 aliphatic carbocycles. The molecule has 2 aromatic rings. The average Bonchev–Trinajstić information content (AvgIpc) is 2.85. The van der Waals surface area contributed by atoms with Crippen molar-refractivity contribution in [3.8, 4) is 11.4 Å². The molecule has 0 radical (unpaired) electrons. The standard InChI is InChI=1S/C12H17N3S2/c1-5-12(4,13)11-15-9(6-16-11)10-7(2)17-8(3)14-10/h6H,5,13H2,1-4H3. The Morgan fingerprint density at radius 1 is 1.35 bits per heavy atom. The minimum absolute atomic E-state index is 0.331. The second-order valence-electron chi connectivity index (χ2n) is 4.45. The predicted octanol–water partition coefficient (Wildman–Crippen LogP) is 3.47. The molecule has 1 atom stereocenters. The van der Waals surface area contributed by atoms with Gasteiger partial charge in [-0.2, -0.15) is 0 Å². The maximum atomic E-state index is 6.20. The smallest absolute Gasteiger partial charge is 0.113 e. The van der Waals surface area contributed by atoms with Gasteiger partial charge in [0.1, 0.15) is 16.4 Å². The zero-order chi connectivity index (χ0) is 12.6. The van der Waals surface area contributed by atoms with E-state index < -0.39 is 0 Å². The molecule has 0 aliphatic rings. The van der Waals surface area contributed by atoms with Gasteiger partial charge in [0.2, 0.25) is 0 Å². The molecular weight excluding hydrogens is 250 g/mol. The van der Waals surface area contributed by atoms with E-state index in [4.69, 9.17) is 5.73 Å². The third-order valence-electron chi connectivity index (χ3n) is 2.87. The number of hydrogen-bond acceptors (Lipinski definition) is 5. The number of hydrogen-bond donors (Lipinski definition) is 1. The SMILES string of the molecule is CCC(C)(N)c1nc(-c2nc(C)sc2C)cs1. The number of aryl methyl sites for hydroxylation is 2. The summed E-state index contributed by atoms with van der Waals surface area (Å²) in [6.07, 6.45) is 0.884. The van der Waals surface area contributed by atoms with Gasteiger partial charge in [0.05, 0.1) is 10.5 Å². The summed E-state index contributed by atoms with van der Waals surface area (Å²) in [5.41, 5.74) is 7.83. The Kier molecular flexibility index (Phi) is 3.34. The van der Waals surface area contributed by atoms with Gasteiger partial charge in [-0.3, -0.25) is 0 Å². The number of aromatic nitrogens is 2. The summed E-state index contributed by atoms with van der Waals surface area (Å²) in [5.74, 6) is 0. The van der Waals surface area contributed by atoms with Gasteiger partial charge in [0, 0.05) is 10.3 Å². The number of thiazole rings is 2. The van der Waals surface area contributed by atoms with E-state index in [0.717, 1.165) is 27.8 Å². The molecular formula is C12H17N3S2. The number of nitrogens with two attached hydrogens (primary N) is 1. The van der Waals surface area contributed by atoms with E-state index in [1.165, 1.54) is 4.88 Å². The van der Waals surface area contributed by atoms with Crippen LogP contribution in [0.3, 0.4) is 0 Å². The van der Waals surface area contributed by atoms with Crippen molar-refractivity contribution in [2.45, 2.75) is 39.7 Å². The van der Waals surface area contributed by atoms with E-state index in [-0.39, 0.29) is 5.54 Å². The zero-order valence-corrected chi connectivity index (χ0v) is 12.2. The molecule has 0 spiro atoms. The Bertz CT molecular complexity index is 526. The van der Waals surface area contributed by atoms with E-state index >= 15 is 0 Å². The monoisotopic (exact) mass is 267 g/mol. The molecule has 0 amide bonds. The van der Waals surface area contributed by atoms with Crippen LogP contribution in [0.2, 0.25) is 0 Å². The second-order valence-corrected chi connectivity index (χ2v) is 6.71. The van der Waals surface area contributed by atoms with Crippen LogP contribution in [0.25, 0.3) is 11.4 Å². The van der Waals surface area contributed by atoms with Crippen LogP contribution in [0.4, 0.5) is 0 Å². The summed E-state index contributed by atoms with van der Waals surface area (Å²) in [6.45, 7) is 8.21. The van der Waals surface area contributed by atoms with Gasteiger partial charge in [-0.15, -0.1) is 22.7 Å². The summed E-state index contributed by atoms with van der Waals surface area (Å²) in [6, 6.07) is 0. The molecule has 2 heterocycles. The minimum atomic E-state index is -0.331. The summed E-state index contributed by atoms with van der Waals surface area (Å²) < 4.78 is 0. The van der Waals surface area contributed by atoms with E-state index in [9.17, 15) is 0 Å². The molecule has 5 heteroatoms. The largest absolute Gasteiger partial charge is 0.320 e. The molecule has 3 nitrogen and oxygen atoms in total. The molecule has 0 saturated heterocycles. The summed E-state index contributed by atoms with van der Waals surface area (Å²) >= 11 is 3.33. The van der Waals surface area contributed by atoms with Gasteiger partial charge >= 0.3 is 0 Å². The fourth-order valence-electron chi connectivity index (χ4n) is 1.56. The first-order valence-corrected chi connectivity index (χ1v) is 7.33. The molecule has 0 aromatic carbocycles. The second kappa shape index (κ2) is 4.48. The van der Waals surface area contributed by atoms with Crippen LogP contribution >= 0.6 is 22.7 Å². The summed E-state index contributed by atoms with van der Waals surface area (Å²) in [4.78, 5) is 10.4. The predicted molar refractivity (Wildman–Crippen MR) is 74.5 cm³/mol. The van der Waals surface area contributed by atoms with E-state index in [1.54, 1.807) is 22.7 Å². The Morgan fingerprint density at radius 2 is 2.06 bits per heavy atom. The van der Waals surface area contributed by atoms with Crippen molar-refractivity contribution in [1.29, 1.82) is 0 Å². The van der Waals surface area contributed by atoms with Gasteiger partial charge < -0.3 is 5.73 Å². The van der Waals surface area contributed by atoms with E-state index in [1.807, 2.05) is 13.8 Å². The molecule has 2 N–H and O–H groups in total. The van der Waals surface area contributed by atoms with Crippen LogP contribution < -0.4 is 5.73 Å². The topological polar surface area (TPSA) is 51.8 Å². The normalized spacial score (nSPS) is 14.9. The van der Waals surface area contributed by atoms with Crippen molar-refractivity contribution in [3.05, 3.63) is 20.3 Å². The van der Waals surface area contributed by atoms with Crippen molar-refractivity contribution in [2.24, 2.45) is 5.73 Å². The Morgan fingerprint density at radius 3 is 2.59 bits per heavy atom. The molecule has 92 valence electrons. The Labute approximate surface area is 110 Å². The van der Waals surface area contributed by atoms with Crippen LogP contribution in [-0.2, 0) is 5.54 Å². The lowest BCUT2D eigenvalue weighted by atomic mass is 10.0. The minimum Gasteiger partial charge on any atom is -0.320 e. The fourth-order valence-corrected chi connectivity index (χ4v) is 3.34. The van der Waals surface area contributed by atoms with Crippen molar-refractivity contribution >= 4 is 22.7 Å². The molecule has 17 heavy (non-hydrogen) atoms. The highest BCUT2D eigenvalue weighted by Crippen LogP contribution is 2.31. The maximum absolute atomic E-state index is 6.20. The van der Waals surface area contributed by atoms with Crippen LogP contribution in [-0.4, -0.2) is 9.97 Å². The number of rotatable bonds is 3. The van der Waals surface area contributed by atoms with E-state index in [0.29, 0.717) is 0 Å². The van der Waals surface area contributed by atoms with Crippen molar-refractivity contribution < 1.29 is 0 Å². The third kappa shape index (κ3) is 2.41.